The van der Waals surface area contributed by atoms with Gasteiger partial charge < -0.3 is 9.47 Å². The fraction of sp³-hybridized carbons (Fsp3) is 0.519. The number of rotatable bonds is 7. The number of halogens is 3. The number of aromatic nitrogens is 2. The van der Waals surface area contributed by atoms with Crippen LogP contribution < -0.4 is 9.47 Å². The van der Waals surface area contributed by atoms with Gasteiger partial charge in [-0.15, -0.1) is 17.0 Å². The highest BCUT2D eigenvalue weighted by atomic mass is 79.9. The second-order valence-corrected chi connectivity index (χ2v) is 11.2. The summed E-state index contributed by atoms with van der Waals surface area (Å²) in [5, 5.41) is 0. The highest BCUT2D eigenvalue weighted by Gasteiger charge is 2.26. The van der Waals surface area contributed by atoms with Crippen molar-refractivity contribution in [2.24, 2.45) is 5.41 Å². The lowest BCUT2D eigenvalue weighted by molar-refractivity contribution is -0.143. The van der Waals surface area contributed by atoms with E-state index in [1.165, 1.54) is 0 Å². The standard InChI is InChI=1S/C27H33BrFN3O3.BrH/c1-27(2,3)25(33)34-20-8-9-22-18(14-20)6-4-7-23(28)24(22)19-15-30-26(31-16-19)35-21-10-13-32(17-21)12-5-11-29;/h8-9,14-16,21H,4-7,10-13,17H2,1-3H3;1H. The van der Waals surface area contributed by atoms with Crippen LogP contribution in [0.3, 0.4) is 0 Å². The van der Waals surface area contributed by atoms with Crippen LogP contribution in [0.4, 0.5) is 4.39 Å². The molecule has 36 heavy (non-hydrogen) atoms. The van der Waals surface area contributed by atoms with Crippen LogP contribution in [0, 0.1) is 5.41 Å². The van der Waals surface area contributed by atoms with Crippen LogP contribution >= 0.6 is 32.9 Å². The van der Waals surface area contributed by atoms with Gasteiger partial charge in [-0.2, -0.15) is 0 Å². The minimum Gasteiger partial charge on any atom is -0.459 e. The third-order valence-electron chi connectivity index (χ3n) is 6.31. The van der Waals surface area contributed by atoms with E-state index in [9.17, 15) is 9.18 Å². The maximum atomic E-state index is 12.4. The van der Waals surface area contributed by atoms with E-state index in [1.54, 1.807) is 12.4 Å². The van der Waals surface area contributed by atoms with Gasteiger partial charge in [0, 0.05) is 47.6 Å². The lowest BCUT2D eigenvalue weighted by Crippen LogP contribution is -2.26. The van der Waals surface area contributed by atoms with Crippen LogP contribution in [0.2, 0.25) is 0 Å². The number of nitrogens with zero attached hydrogens (tertiary/aromatic N) is 3. The molecule has 1 aliphatic heterocycles. The Balaban J connectivity index is 0.00000361. The molecule has 0 N–H and O–H groups in total. The molecule has 1 fully saturated rings. The van der Waals surface area contributed by atoms with Crippen molar-refractivity contribution in [2.45, 2.75) is 59.0 Å². The number of benzene rings is 1. The minimum atomic E-state index is -0.562. The van der Waals surface area contributed by atoms with E-state index in [0.29, 0.717) is 18.2 Å². The van der Waals surface area contributed by atoms with E-state index < -0.39 is 5.41 Å². The Hall–Kier alpha value is -1.84. The zero-order valence-corrected chi connectivity index (χ0v) is 24.4. The summed E-state index contributed by atoms with van der Waals surface area (Å²) in [6, 6.07) is 6.19. The first kappa shape index (κ1) is 28.7. The second kappa shape index (κ2) is 12.6. The van der Waals surface area contributed by atoms with E-state index in [4.69, 9.17) is 9.47 Å². The first-order chi connectivity index (χ1) is 16.7. The number of carbonyl (C=O) groups is 1. The first-order valence-electron chi connectivity index (χ1n) is 12.3. The monoisotopic (exact) mass is 625 g/mol. The van der Waals surface area contributed by atoms with Crippen LogP contribution in [-0.2, 0) is 11.2 Å². The van der Waals surface area contributed by atoms with E-state index in [-0.39, 0.29) is 35.7 Å². The van der Waals surface area contributed by atoms with Crippen molar-refractivity contribution in [1.82, 2.24) is 14.9 Å². The van der Waals surface area contributed by atoms with Gasteiger partial charge in [0.1, 0.15) is 11.9 Å². The van der Waals surface area contributed by atoms with Crippen molar-refractivity contribution < 1.29 is 18.7 Å². The Morgan fingerprint density at radius 3 is 2.67 bits per heavy atom. The van der Waals surface area contributed by atoms with Gasteiger partial charge in [0.05, 0.1) is 12.1 Å². The van der Waals surface area contributed by atoms with Crippen molar-refractivity contribution in [3.8, 4) is 11.8 Å². The molecule has 0 radical (unpaired) electrons. The van der Waals surface area contributed by atoms with Crippen LogP contribution in [-0.4, -0.2) is 53.2 Å². The Bertz CT molecular complexity index is 1090. The zero-order valence-electron chi connectivity index (χ0n) is 21.1. The summed E-state index contributed by atoms with van der Waals surface area (Å²) in [7, 11) is 0. The number of carbonyl (C=O) groups excluding carboxylic acids is 1. The summed E-state index contributed by atoms with van der Waals surface area (Å²) in [5.41, 5.74) is 3.61. The maximum absolute atomic E-state index is 12.4. The van der Waals surface area contributed by atoms with Crippen molar-refractivity contribution >= 4 is 44.5 Å². The molecule has 2 heterocycles. The molecule has 0 amide bonds. The topological polar surface area (TPSA) is 64.6 Å². The lowest BCUT2D eigenvalue weighted by Gasteiger charge is -2.18. The molecule has 1 aromatic heterocycles. The molecular weight excluding hydrogens is 593 g/mol. The van der Waals surface area contributed by atoms with Gasteiger partial charge in [-0.1, -0.05) is 22.0 Å². The Morgan fingerprint density at radius 2 is 1.97 bits per heavy atom. The van der Waals surface area contributed by atoms with Crippen LogP contribution in [0.15, 0.2) is 35.1 Å². The number of likely N-dealkylation sites (tertiary alicyclic amines) is 1. The number of allylic oxidation sites excluding steroid dienone is 1. The molecule has 1 saturated heterocycles. The molecule has 1 atom stereocenters. The van der Waals surface area contributed by atoms with Crippen molar-refractivity contribution in [3.63, 3.8) is 0 Å². The summed E-state index contributed by atoms with van der Waals surface area (Å²) >= 11 is 3.79. The van der Waals surface area contributed by atoms with Crippen molar-refractivity contribution in [3.05, 3.63) is 51.8 Å². The molecule has 2 aliphatic rings. The van der Waals surface area contributed by atoms with Gasteiger partial charge in [-0.3, -0.25) is 14.1 Å². The maximum Gasteiger partial charge on any atom is 0.316 e. The number of hydrogen-bond donors (Lipinski definition) is 0. The number of esters is 1. The Kier molecular flexibility index (Phi) is 10.1. The molecule has 1 unspecified atom stereocenters. The van der Waals surface area contributed by atoms with Gasteiger partial charge in [0.25, 0.3) is 0 Å². The average Bonchev–Trinajstić information content (AvgIpc) is 3.19. The molecule has 196 valence electrons. The molecule has 2 aromatic rings. The van der Waals surface area contributed by atoms with Gasteiger partial charge >= 0.3 is 12.0 Å². The third kappa shape index (κ3) is 7.13. The molecule has 1 aromatic carbocycles. The summed E-state index contributed by atoms with van der Waals surface area (Å²) < 4.78 is 25.2. The average molecular weight is 627 g/mol. The molecule has 9 heteroatoms. The second-order valence-electron chi connectivity index (χ2n) is 10.2. The zero-order chi connectivity index (χ0) is 25.0. The SMILES string of the molecule is Br.CC(C)(C)C(=O)Oc1ccc2c(c1)CCCC(Br)=C2c1cnc(OC2CCN(CCCF)C2)nc1. The van der Waals surface area contributed by atoms with Crippen molar-refractivity contribution in [1.29, 1.82) is 0 Å². The number of alkyl halides is 1. The van der Waals surface area contributed by atoms with Gasteiger partial charge in [-0.25, -0.2) is 9.97 Å². The highest BCUT2D eigenvalue weighted by Crippen LogP contribution is 2.39. The van der Waals surface area contributed by atoms with Gasteiger partial charge in [0.2, 0.25) is 0 Å². The first-order valence-corrected chi connectivity index (χ1v) is 13.1. The van der Waals surface area contributed by atoms with Gasteiger partial charge in [-0.05, 0) is 76.1 Å². The van der Waals surface area contributed by atoms with Crippen molar-refractivity contribution in [2.75, 3.05) is 26.3 Å². The predicted octanol–water partition coefficient (Wildman–Crippen LogP) is 6.31. The Labute approximate surface area is 231 Å². The predicted molar refractivity (Wildman–Crippen MR) is 148 cm³/mol. The summed E-state index contributed by atoms with van der Waals surface area (Å²) in [6.45, 7) is 7.70. The molecular formula is C27H34Br2FN3O3. The van der Waals surface area contributed by atoms with E-state index in [2.05, 4.69) is 30.8 Å². The summed E-state index contributed by atoms with van der Waals surface area (Å²) in [5.74, 6) is 0.318. The largest absolute Gasteiger partial charge is 0.459 e. The molecule has 0 bridgehead atoms. The van der Waals surface area contributed by atoms with E-state index in [1.807, 2.05) is 39.0 Å². The number of aryl methyl sites for hydroxylation is 1. The molecule has 6 nitrogen and oxygen atoms in total. The number of hydrogen-bond acceptors (Lipinski definition) is 6. The highest BCUT2D eigenvalue weighted by molar-refractivity contribution is 9.11. The quantitative estimate of drug-likeness (QED) is 0.265. The third-order valence-corrected chi connectivity index (χ3v) is 7.10. The van der Waals surface area contributed by atoms with Crippen LogP contribution in [0.5, 0.6) is 11.8 Å². The molecule has 0 spiro atoms. The molecule has 4 rings (SSSR count). The summed E-state index contributed by atoms with van der Waals surface area (Å²) in [6.07, 6.45) is 7.85. The number of fused-ring (bicyclic) bond motifs is 1. The molecule has 0 saturated carbocycles. The van der Waals surface area contributed by atoms with Crippen LogP contribution in [0.1, 0.15) is 63.1 Å². The summed E-state index contributed by atoms with van der Waals surface area (Å²) in [4.78, 5) is 23.5. The number of ether oxygens (including phenoxy) is 2. The van der Waals surface area contributed by atoms with E-state index in [0.717, 1.165) is 72.1 Å². The normalized spacial score (nSPS) is 18.3. The molecule has 1 aliphatic carbocycles. The minimum absolute atomic E-state index is 0. The lowest BCUT2D eigenvalue weighted by atomic mass is 9.95. The van der Waals surface area contributed by atoms with E-state index >= 15 is 0 Å². The van der Waals surface area contributed by atoms with Gasteiger partial charge in [0.15, 0.2) is 0 Å². The smallest absolute Gasteiger partial charge is 0.316 e. The fourth-order valence-electron chi connectivity index (χ4n) is 4.40. The Morgan fingerprint density at radius 1 is 1.22 bits per heavy atom. The van der Waals surface area contributed by atoms with Crippen LogP contribution in [0.25, 0.3) is 5.57 Å². The fourth-order valence-corrected chi connectivity index (χ4v) is 5.12.